The topological polar surface area (TPSA) is 24.7 Å². The average molecular weight is 676 g/mol. The van der Waals surface area contributed by atoms with E-state index in [2.05, 4.69) is 47.0 Å². The maximum absolute atomic E-state index is 5.70. The zero-order chi connectivity index (χ0) is 20.3. The van der Waals surface area contributed by atoms with E-state index in [4.69, 9.17) is 39.4 Å². The fraction of sp³-hybridized carbons (Fsp3) is 0. The summed E-state index contributed by atoms with van der Waals surface area (Å²) >= 11 is -0.646. The summed E-state index contributed by atoms with van der Waals surface area (Å²) in [6.07, 6.45) is 0. The fourth-order valence-corrected chi connectivity index (χ4v) is 3.65. The second-order valence-electron chi connectivity index (χ2n) is 3.55. The van der Waals surface area contributed by atoms with E-state index in [9.17, 15) is 0 Å². The molecule has 0 aliphatic rings. The molecule has 0 aliphatic carbocycles. The van der Waals surface area contributed by atoms with Gasteiger partial charge in [-0.2, -0.15) is 0 Å². The summed E-state index contributed by atoms with van der Waals surface area (Å²) < 4.78 is 8.12. The van der Waals surface area contributed by atoms with Gasteiger partial charge in [0.1, 0.15) is 0 Å². The Bertz CT molecular complexity index is 617. The van der Waals surface area contributed by atoms with Crippen molar-refractivity contribution >= 4 is 31.1 Å². The van der Waals surface area contributed by atoms with Gasteiger partial charge in [-0.05, 0) is 0 Å². The van der Waals surface area contributed by atoms with Crippen molar-refractivity contribution in [1.82, 2.24) is 0 Å². The van der Waals surface area contributed by atoms with Crippen LogP contribution in [0.3, 0.4) is 0 Å². The molecule has 0 atom stereocenters. The number of benzene rings is 2. The second kappa shape index (κ2) is 22.4. The van der Waals surface area contributed by atoms with Crippen molar-refractivity contribution < 1.29 is 114 Å². The van der Waals surface area contributed by atoms with Crippen molar-refractivity contribution in [2.24, 2.45) is 7.58 Å². The molecule has 0 aromatic heterocycles. The van der Waals surface area contributed by atoms with Gasteiger partial charge in [0.25, 0.3) is 0 Å². The van der Waals surface area contributed by atoms with Crippen LogP contribution < -0.4 is 0 Å². The first-order valence-electron chi connectivity index (χ1n) is 6.10. The van der Waals surface area contributed by atoms with Gasteiger partial charge in [-0.25, -0.2) is 0 Å². The second-order valence-corrected chi connectivity index (χ2v) is 20.8. The molecular formula is C12H16Cl8N2V4+6. The predicted octanol–water partition coefficient (Wildman–Crippen LogP) is 3.86. The molecule has 144 valence electrons. The fourth-order valence-electron chi connectivity index (χ4n) is 1.17. The molecule has 2 rings (SSSR count). The Hall–Kier alpha value is 2.70. The third-order valence-corrected chi connectivity index (χ3v) is 4.41. The van der Waals surface area contributed by atoms with Crippen LogP contribution in [0, 0.1) is 59.1 Å². The van der Waals surface area contributed by atoms with Crippen LogP contribution in [0.1, 0.15) is 0 Å². The van der Waals surface area contributed by atoms with E-state index >= 15 is 0 Å². The van der Waals surface area contributed by atoms with Crippen LogP contribution in [-0.2, 0) is 54.9 Å². The van der Waals surface area contributed by atoms with E-state index in [1.54, 1.807) is 0 Å². The van der Waals surface area contributed by atoms with Gasteiger partial charge in [-0.3, -0.25) is 0 Å². The summed E-state index contributed by atoms with van der Waals surface area (Å²) in [5.41, 5.74) is 1.77. The third-order valence-electron chi connectivity index (χ3n) is 1.90. The quantitative estimate of drug-likeness (QED) is 0.463. The summed E-state index contributed by atoms with van der Waals surface area (Å²) in [5.74, 6) is 0. The van der Waals surface area contributed by atoms with E-state index in [1.807, 2.05) is 60.7 Å². The van der Waals surface area contributed by atoms with E-state index in [0.717, 1.165) is 11.4 Å². The molecule has 0 amide bonds. The van der Waals surface area contributed by atoms with E-state index < -0.39 is 11.0 Å². The van der Waals surface area contributed by atoms with Gasteiger partial charge in [-0.1, -0.05) is 0 Å². The van der Waals surface area contributed by atoms with Crippen molar-refractivity contribution in [3.63, 3.8) is 0 Å². The molecule has 0 aliphatic heterocycles. The minimum absolute atomic E-state index is 0.146. The Morgan fingerprint density at radius 1 is 0.731 bits per heavy atom. The monoisotopic (exact) mass is 672 g/mol. The zero-order valence-corrected chi connectivity index (χ0v) is 24.7. The summed E-state index contributed by atoms with van der Waals surface area (Å²) in [5, 5.41) is 0. The Morgan fingerprint density at radius 2 is 1.08 bits per heavy atom. The number of hydrogen-bond donors (Lipinski definition) is 0. The molecule has 0 fully saturated rings. The summed E-state index contributed by atoms with van der Waals surface area (Å²) in [6, 6.07) is 19.1. The molecule has 0 unspecified atom stereocenters. The molecular weight excluding hydrogens is 660 g/mol. The van der Waals surface area contributed by atoms with Crippen LogP contribution in [0.4, 0.5) is 11.4 Å². The van der Waals surface area contributed by atoms with E-state index in [-0.39, 0.29) is 43.9 Å². The maximum atomic E-state index is 5.70. The summed E-state index contributed by atoms with van der Waals surface area (Å²) in [4.78, 5) is 0. The molecule has 2 nitrogen and oxygen atoms in total. The van der Waals surface area contributed by atoms with E-state index in [1.165, 1.54) is 0 Å². The first-order valence-corrected chi connectivity index (χ1v) is 23.6. The van der Waals surface area contributed by atoms with Crippen LogP contribution in [0.2, 0.25) is 0 Å². The molecule has 2 aromatic rings. The molecule has 0 heterocycles. The number of hydrogen-bond acceptors (Lipinski definition) is 2. The van der Waals surface area contributed by atoms with Crippen molar-refractivity contribution in [2.75, 3.05) is 0 Å². The zero-order valence-electron chi connectivity index (χ0n) is 12.7. The van der Waals surface area contributed by atoms with Crippen LogP contribution in [0.25, 0.3) is 0 Å². The Labute approximate surface area is 210 Å². The van der Waals surface area contributed by atoms with Gasteiger partial charge in [0.05, 0.1) is 0 Å². The van der Waals surface area contributed by atoms with Gasteiger partial charge in [-0.15, -0.1) is 0 Å². The minimum atomic E-state index is -2.94. The van der Waals surface area contributed by atoms with Crippen LogP contribution in [0.15, 0.2) is 68.2 Å². The van der Waals surface area contributed by atoms with Crippen molar-refractivity contribution in [2.45, 2.75) is 0 Å². The Morgan fingerprint density at radius 3 is 1.38 bits per heavy atom. The molecule has 0 spiro atoms. The molecule has 26 heavy (non-hydrogen) atoms. The number of nitrogens with zero attached hydrogens (tertiary/aromatic N) is 2. The number of rotatable bonds is 2. The SMILES string of the molecule is [ClH+][V][ClH+].[ClH+][V][ClH+].[Cl][V]([ClH+])([ClH+])=[N]c1ccccc1.[Cl][V]=[N]c1ccccc1. The van der Waals surface area contributed by atoms with Gasteiger partial charge >= 0.3 is 213 Å². The standard InChI is InChI=1S/2C6H5N.8ClH.4V/c2*7-6-4-2-1-3-5-6;;;;;;;;;;;;/h2*1-5H;8*1H;;;;/q;;;;;;;;;;+1;2*+2;+3/p-2. The molecule has 2 aromatic carbocycles. The molecule has 0 N–H and O–H groups in total. The van der Waals surface area contributed by atoms with Gasteiger partial charge in [0, 0.05) is 0 Å². The normalized spacial score (nSPS) is 9.38. The van der Waals surface area contributed by atoms with Crippen molar-refractivity contribution in [3.05, 3.63) is 60.7 Å². The van der Waals surface area contributed by atoms with Gasteiger partial charge in [0.15, 0.2) is 0 Å². The number of halogens is 8. The van der Waals surface area contributed by atoms with Crippen molar-refractivity contribution in [1.29, 1.82) is 0 Å². The van der Waals surface area contributed by atoms with Crippen LogP contribution in [-0.4, -0.2) is 0 Å². The Balaban J connectivity index is 0. The molecule has 0 saturated heterocycles. The summed E-state index contributed by atoms with van der Waals surface area (Å²) in [6.45, 7) is 0. The van der Waals surface area contributed by atoms with Gasteiger partial charge < -0.3 is 0 Å². The van der Waals surface area contributed by atoms with Gasteiger partial charge in [0.2, 0.25) is 0 Å². The Kier molecular flexibility index (Phi) is 26.6. The first kappa shape index (κ1) is 30.9. The third kappa shape index (κ3) is 24.7. The molecule has 14 heteroatoms. The predicted molar refractivity (Wildman–Crippen MR) is 77.1 cm³/mol. The first-order chi connectivity index (χ1) is 12.3. The molecule has 0 radical (unpaired) electrons. The van der Waals surface area contributed by atoms with Crippen LogP contribution in [0.5, 0.6) is 0 Å². The van der Waals surface area contributed by atoms with Crippen LogP contribution >= 0.6 is 19.7 Å². The van der Waals surface area contributed by atoms with Crippen molar-refractivity contribution in [3.8, 4) is 0 Å². The average Bonchev–Trinajstić information content (AvgIpc) is 2.58. The van der Waals surface area contributed by atoms with E-state index in [0.29, 0.717) is 0 Å². The molecule has 0 bridgehead atoms. The summed E-state index contributed by atoms with van der Waals surface area (Å²) in [7, 11) is 35.1. The molecule has 0 saturated carbocycles.